The van der Waals surface area contributed by atoms with Gasteiger partial charge in [0.05, 0.1) is 12.5 Å². The van der Waals surface area contributed by atoms with Crippen LogP contribution in [-0.4, -0.2) is 40.5 Å². The van der Waals surface area contributed by atoms with E-state index in [1.54, 1.807) is 0 Å². The molecule has 17 heavy (non-hydrogen) atoms. The normalized spacial score (nSPS) is 23.0. The minimum atomic E-state index is -3.70. The van der Waals surface area contributed by atoms with Crippen molar-refractivity contribution in [2.24, 2.45) is 0 Å². The van der Waals surface area contributed by atoms with Gasteiger partial charge in [-0.1, -0.05) is 13.3 Å². The fourth-order valence-corrected chi connectivity index (χ4v) is 3.59. The molecule has 0 aliphatic carbocycles. The second-order valence-electron chi connectivity index (χ2n) is 4.66. The molecule has 1 atom stereocenters. The van der Waals surface area contributed by atoms with Gasteiger partial charge in [0.2, 0.25) is 0 Å². The molecule has 1 unspecified atom stereocenters. The minimum absolute atomic E-state index is 0.338. The number of carboxylic acids is 1. The molecule has 1 fully saturated rings. The monoisotopic (exact) mass is 263 g/mol. The largest absolute Gasteiger partial charge is 0.481 e. The Balaban J connectivity index is 2.99. The average Bonchev–Trinajstić information content (AvgIpc) is 2.16. The highest BCUT2D eigenvalue weighted by molar-refractivity contribution is 7.94. The zero-order valence-electron chi connectivity index (χ0n) is 10.1. The van der Waals surface area contributed by atoms with E-state index in [9.17, 15) is 18.0 Å². The summed E-state index contributed by atoms with van der Waals surface area (Å²) in [7, 11) is -3.70. The van der Waals surface area contributed by atoms with Crippen LogP contribution >= 0.6 is 0 Å². The van der Waals surface area contributed by atoms with E-state index in [1.807, 2.05) is 6.92 Å². The molecule has 1 heterocycles. The molecule has 0 spiro atoms. The first-order valence-electron chi connectivity index (χ1n) is 5.46. The molecule has 0 aromatic rings. The van der Waals surface area contributed by atoms with Crippen LogP contribution in [0.25, 0.3) is 0 Å². The standard InChI is InChI=1S/C10H17NO5S/c1-4-5-7(6-8(12)13)11-9(14)10(2,3)17(11,15)16/h7H,4-6H2,1-3H3,(H,12,13). The Hall–Kier alpha value is -1.11. The van der Waals surface area contributed by atoms with Crippen molar-refractivity contribution in [2.45, 2.75) is 50.8 Å². The number of hydrogen-bond acceptors (Lipinski definition) is 4. The Kier molecular flexibility index (Phi) is 3.52. The van der Waals surface area contributed by atoms with Crippen molar-refractivity contribution in [2.75, 3.05) is 0 Å². The molecule has 1 rings (SSSR count). The molecule has 7 heteroatoms. The first-order chi connectivity index (χ1) is 7.66. The van der Waals surface area contributed by atoms with Crippen LogP contribution in [0, 0.1) is 0 Å². The third-order valence-corrected chi connectivity index (χ3v) is 5.43. The highest BCUT2D eigenvalue weighted by atomic mass is 32.2. The van der Waals surface area contributed by atoms with Gasteiger partial charge >= 0.3 is 5.97 Å². The zero-order valence-corrected chi connectivity index (χ0v) is 11.0. The van der Waals surface area contributed by atoms with Crippen molar-refractivity contribution < 1.29 is 23.1 Å². The molecule has 98 valence electrons. The van der Waals surface area contributed by atoms with Crippen LogP contribution in [0.3, 0.4) is 0 Å². The van der Waals surface area contributed by atoms with Crippen LogP contribution in [0.5, 0.6) is 0 Å². The van der Waals surface area contributed by atoms with Crippen molar-refractivity contribution in [3.05, 3.63) is 0 Å². The molecule has 1 amide bonds. The summed E-state index contributed by atoms with van der Waals surface area (Å²) in [4.78, 5) is 22.4. The van der Waals surface area contributed by atoms with Crippen LogP contribution < -0.4 is 0 Å². The highest BCUT2D eigenvalue weighted by Gasteiger charge is 2.62. The van der Waals surface area contributed by atoms with Gasteiger partial charge in [-0.25, -0.2) is 12.7 Å². The Morgan fingerprint density at radius 2 is 2.00 bits per heavy atom. The van der Waals surface area contributed by atoms with Gasteiger partial charge < -0.3 is 5.11 Å². The summed E-state index contributed by atoms with van der Waals surface area (Å²) >= 11 is 0. The Bertz CT molecular complexity index is 440. The molecule has 6 nitrogen and oxygen atoms in total. The highest BCUT2D eigenvalue weighted by Crippen LogP contribution is 2.38. The third-order valence-electron chi connectivity index (χ3n) is 2.98. The van der Waals surface area contributed by atoms with E-state index in [-0.39, 0.29) is 6.42 Å². The van der Waals surface area contributed by atoms with E-state index in [4.69, 9.17) is 5.11 Å². The summed E-state index contributed by atoms with van der Waals surface area (Å²) < 4.78 is 23.1. The molecule has 0 saturated carbocycles. The second kappa shape index (κ2) is 4.29. The number of carbonyl (C=O) groups excluding carboxylic acids is 1. The first kappa shape index (κ1) is 14.0. The van der Waals surface area contributed by atoms with Crippen molar-refractivity contribution in [3.63, 3.8) is 0 Å². The summed E-state index contributed by atoms with van der Waals surface area (Å²) in [6.07, 6.45) is 0.653. The molecular weight excluding hydrogens is 246 g/mol. The van der Waals surface area contributed by atoms with Gasteiger partial charge in [-0.05, 0) is 20.3 Å². The first-order valence-corrected chi connectivity index (χ1v) is 6.90. The van der Waals surface area contributed by atoms with Crippen molar-refractivity contribution in [3.8, 4) is 0 Å². The van der Waals surface area contributed by atoms with Crippen molar-refractivity contribution in [1.29, 1.82) is 0 Å². The smallest absolute Gasteiger partial charge is 0.305 e. The van der Waals surface area contributed by atoms with Crippen LogP contribution in [0.4, 0.5) is 0 Å². The molecule has 0 bridgehead atoms. The predicted octanol–water partition coefficient (Wildman–Crippen LogP) is 0.580. The molecule has 1 saturated heterocycles. The topological polar surface area (TPSA) is 91.8 Å². The number of sulfonamides is 1. The molecule has 1 aliphatic heterocycles. The lowest BCUT2D eigenvalue weighted by Gasteiger charge is -2.46. The summed E-state index contributed by atoms with van der Waals surface area (Å²) in [6, 6.07) is -0.761. The number of nitrogens with zero attached hydrogens (tertiary/aromatic N) is 1. The molecule has 1 aliphatic rings. The summed E-state index contributed by atoms with van der Waals surface area (Å²) in [5, 5.41) is 8.73. The van der Waals surface area contributed by atoms with Gasteiger partial charge in [0.1, 0.15) is 0 Å². The number of carbonyl (C=O) groups is 2. The number of aliphatic carboxylic acids is 1. The van der Waals surface area contributed by atoms with Crippen LogP contribution in [-0.2, 0) is 19.6 Å². The van der Waals surface area contributed by atoms with Crippen molar-refractivity contribution >= 4 is 21.9 Å². The average molecular weight is 263 g/mol. The van der Waals surface area contributed by atoms with Gasteiger partial charge in [-0.15, -0.1) is 0 Å². The molecule has 0 aromatic heterocycles. The van der Waals surface area contributed by atoms with E-state index in [0.717, 1.165) is 4.31 Å². The van der Waals surface area contributed by atoms with Gasteiger partial charge in [0.15, 0.2) is 4.75 Å². The van der Waals surface area contributed by atoms with Gasteiger partial charge in [-0.2, -0.15) is 0 Å². The summed E-state index contributed by atoms with van der Waals surface area (Å²) in [5.74, 6) is -1.62. The van der Waals surface area contributed by atoms with Gasteiger partial charge in [0, 0.05) is 0 Å². The van der Waals surface area contributed by atoms with E-state index in [1.165, 1.54) is 13.8 Å². The van der Waals surface area contributed by atoms with E-state index < -0.39 is 32.7 Å². The van der Waals surface area contributed by atoms with Gasteiger partial charge in [0.25, 0.3) is 15.9 Å². The summed E-state index contributed by atoms with van der Waals surface area (Å²) in [5.41, 5.74) is 0. The minimum Gasteiger partial charge on any atom is -0.481 e. The lowest BCUT2D eigenvalue weighted by atomic mass is 10.1. The Morgan fingerprint density at radius 1 is 1.47 bits per heavy atom. The van der Waals surface area contributed by atoms with E-state index in [2.05, 4.69) is 0 Å². The molecule has 0 radical (unpaired) electrons. The second-order valence-corrected chi connectivity index (χ2v) is 7.02. The fraction of sp³-hybridized carbons (Fsp3) is 0.800. The predicted molar refractivity (Wildman–Crippen MR) is 60.8 cm³/mol. The number of amides is 1. The number of rotatable bonds is 5. The molecular formula is C10H17NO5S. The Labute approximate surface area is 101 Å². The number of carboxylic acid groups (broad SMARTS) is 1. The molecule has 1 N–H and O–H groups in total. The maximum atomic E-state index is 11.9. The fourth-order valence-electron chi connectivity index (χ4n) is 1.89. The van der Waals surface area contributed by atoms with E-state index in [0.29, 0.717) is 12.8 Å². The number of hydrogen-bond donors (Lipinski definition) is 1. The SMILES string of the molecule is CCCC(CC(=O)O)N1C(=O)C(C)(C)S1(=O)=O. The van der Waals surface area contributed by atoms with Crippen LogP contribution in [0.2, 0.25) is 0 Å². The zero-order chi connectivity index (χ0) is 13.4. The quantitative estimate of drug-likeness (QED) is 0.783. The van der Waals surface area contributed by atoms with Crippen LogP contribution in [0.1, 0.15) is 40.0 Å². The van der Waals surface area contributed by atoms with E-state index >= 15 is 0 Å². The molecule has 0 aromatic carbocycles. The Morgan fingerprint density at radius 3 is 2.35 bits per heavy atom. The maximum Gasteiger partial charge on any atom is 0.305 e. The third kappa shape index (κ3) is 2.03. The lowest BCUT2D eigenvalue weighted by molar-refractivity contribution is -0.140. The lowest BCUT2D eigenvalue weighted by Crippen LogP contribution is -2.70. The van der Waals surface area contributed by atoms with Gasteiger partial charge in [-0.3, -0.25) is 9.59 Å². The maximum absolute atomic E-state index is 11.9. The summed E-state index contributed by atoms with van der Waals surface area (Å²) in [6.45, 7) is 4.49. The van der Waals surface area contributed by atoms with Crippen molar-refractivity contribution in [1.82, 2.24) is 4.31 Å². The van der Waals surface area contributed by atoms with Crippen LogP contribution in [0.15, 0.2) is 0 Å².